The highest BCUT2D eigenvalue weighted by atomic mass is 28.2. The molecule has 19 heavy (non-hydrogen) atoms. The Bertz CT molecular complexity index is 379. The second kappa shape index (κ2) is 8.68. The number of carbonyl (C=O) groups excluding carboxylic acids is 1. The van der Waals surface area contributed by atoms with E-state index >= 15 is 0 Å². The number of carbonyl (C=O) groups is 1. The fourth-order valence-electron chi connectivity index (χ4n) is 1.56. The maximum atomic E-state index is 11.6. The van der Waals surface area contributed by atoms with Gasteiger partial charge >= 0.3 is 5.97 Å². The molecule has 0 aliphatic rings. The van der Waals surface area contributed by atoms with E-state index in [1.165, 1.54) is 24.3 Å². The zero-order valence-corrected chi connectivity index (χ0v) is 13.0. The normalized spacial score (nSPS) is 12.3. The number of aliphatic hydroxyl groups is 1. The van der Waals surface area contributed by atoms with Gasteiger partial charge in [-0.25, -0.2) is 4.79 Å². The summed E-state index contributed by atoms with van der Waals surface area (Å²) in [5, 5.41) is 18.7. The van der Waals surface area contributed by atoms with Crippen LogP contribution in [0.5, 0.6) is 5.75 Å². The van der Waals surface area contributed by atoms with Crippen molar-refractivity contribution in [2.24, 2.45) is 0 Å². The van der Waals surface area contributed by atoms with Crippen LogP contribution in [-0.2, 0) is 9.16 Å². The molecule has 0 bridgehead atoms. The summed E-state index contributed by atoms with van der Waals surface area (Å²) in [6.07, 6.45) is 1.70. The number of benzene rings is 1. The Morgan fingerprint density at radius 1 is 1.26 bits per heavy atom. The fourth-order valence-corrected chi connectivity index (χ4v) is 1.85. The van der Waals surface area contributed by atoms with Gasteiger partial charge < -0.3 is 19.4 Å². The van der Waals surface area contributed by atoms with Crippen LogP contribution in [0.15, 0.2) is 24.3 Å². The Morgan fingerprint density at radius 3 is 2.58 bits per heavy atom. The van der Waals surface area contributed by atoms with E-state index in [1.54, 1.807) is 0 Å². The van der Waals surface area contributed by atoms with Gasteiger partial charge in [0.25, 0.3) is 0 Å². The molecule has 1 unspecified atom stereocenters. The molecule has 2 N–H and O–H groups in total. The average molecular weight is 284 g/mol. The molecule has 1 aromatic rings. The molecule has 1 rings (SSSR count). The standard InChI is InChI=1S/C13H20O5Si/c14-11-6-4-10(5-7-11)13(16)17-9-12(15)3-1-2-8-18-19/h4-7,12,14-15H,1-3,8-9H2,19H3. The summed E-state index contributed by atoms with van der Waals surface area (Å²) in [6, 6.07) is 5.79. The molecule has 106 valence electrons. The number of phenols is 1. The number of aliphatic hydroxyl groups excluding tert-OH is 1. The second-order valence-corrected chi connectivity index (χ2v) is 4.87. The maximum Gasteiger partial charge on any atom is 0.338 e. The molecule has 0 saturated carbocycles. The third kappa shape index (κ3) is 6.37. The van der Waals surface area contributed by atoms with Crippen molar-refractivity contribution in [3.63, 3.8) is 0 Å². The van der Waals surface area contributed by atoms with Crippen LogP contribution in [0.3, 0.4) is 0 Å². The Morgan fingerprint density at radius 2 is 1.95 bits per heavy atom. The van der Waals surface area contributed by atoms with E-state index in [1.807, 2.05) is 0 Å². The molecule has 1 atom stereocenters. The van der Waals surface area contributed by atoms with E-state index in [0.717, 1.165) is 29.9 Å². The van der Waals surface area contributed by atoms with E-state index in [0.29, 0.717) is 12.0 Å². The number of aromatic hydroxyl groups is 1. The van der Waals surface area contributed by atoms with Crippen LogP contribution in [0.2, 0.25) is 0 Å². The number of hydrogen-bond acceptors (Lipinski definition) is 5. The second-order valence-electron chi connectivity index (χ2n) is 4.29. The number of phenolic OH excluding ortho intramolecular Hbond substituents is 1. The van der Waals surface area contributed by atoms with Gasteiger partial charge in [-0.15, -0.1) is 0 Å². The van der Waals surface area contributed by atoms with Gasteiger partial charge in [0.05, 0.1) is 11.7 Å². The van der Waals surface area contributed by atoms with E-state index in [2.05, 4.69) is 0 Å². The molecule has 0 aliphatic carbocycles. The lowest BCUT2D eigenvalue weighted by atomic mass is 10.1. The van der Waals surface area contributed by atoms with Crippen molar-refractivity contribution < 1.29 is 24.2 Å². The summed E-state index contributed by atoms with van der Waals surface area (Å²) in [5.41, 5.74) is 0.356. The summed E-state index contributed by atoms with van der Waals surface area (Å²) >= 11 is 0. The predicted molar refractivity (Wildman–Crippen MR) is 74.1 cm³/mol. The lowest BCUT2D eigenvalue weighted by Gasteiger charge is -2.11. The first kappa shape index (κ1) is 15.7. The van der Waals surface area contributed by atoms with Crippen LogP contribution in [-0.4, -0.2) is 46.0 Å². The highest BCUT2D eigenvalue weighted by Crippen LogP contribution is 2.11. The van der Waals surface area contributed by atoms with Crippen LogP contribution in [0.1, 0.15) is 29.6 Å². The molecule has 0 radical (unpaired) electrons. The van der Waals surface area contributed by atoms with E-state index in [-0.39, 0.29) is 12.4 Å². The van der Waals surface area contributed by atoms with Gasteiger partial charge in [0, 0.05) is 6.61 Å². The summed E-state index contributed by atoms with van der Waals surface area (Å²) in [6.45, 7) is 0.716. The molecular formula is C13H20O5Si. The minimum atomic E-state index is -0.643. The Labute approximate surface area is 115 Å². The summed E-state index contributed by atoms with van der Waals surface area (Å²) in [4.78, 5) is 11.6. The first-order valence-electron chi connectivity index (χ1n) is 6.26. The molecule has 5 nitrogen and oxygen atoms in total. The molecule has 0 aromatic heterocycles. The number of ether oxygens (including phenoxy) is 1. The summed E-state index contributed by atoms with van der Waals surface area (Å²) in [5.74, 6) is -0.403. The van der Waals surface area contributed by atoms with Gasteiger partial charge in [0.2, 0.25) is 0 Å². The number of unbranched alkanes of at least 4 members (excludes halogenated alkanes) is 1. The summed E-state index contributed by atoms with van der Waals surface area (Å²) < 4.78 is 10.0. The highest BCUT2D eigenvalue weighted by Gasteiger charge is 2.10. The largest absolute Gasteiger partial charge is 0.508 e. The first-order chi connectivity index (χ1) is 9.13. The zero-order chi connectivity index (χ0) is 14.1. The molecular weight excluding hydrogens is 264 g/mol. The highest BCUT2D eigenvalue weighted by molar-refractivity contribution is 5.97. The van der Waals surface area contributed by atoms with Crippen molar-refractivity contribution in [2.45, 2.75) is 25.4 Å². The minimum Gasteiger partial charge on any atom is -0.508 e. The Balaban J connectivity index is 2.24. The summed E-state index contributed by atoms with van der Waals surface area (Å²) in [7, 11) is 0.736. The van der Waals surface area contributed by atoms with E-state index < -0.39 is 12.1 Å². The first-order valence-corrected chi connectivity index (χ1v) is 7.08. The van der Waals surface area contributed by atoms with Gasteiger partial charge in [-0.05, 0) is 43.5 Å². The number of esters is 1. The van der Waals surface area contributed by atoms with Crippen LogP contribution in [0, 0.1) is 0 Å². The van der Waals surface area contributed by atoms with Gasteiger partial charge in [-0.3, -0.25) is 0 Å². The van der Waals surface area contributed by atoms with E-state index in [9.17, 15) is 9.90 Å². The Kier molecular flexibility index (Phi) is 7.17. The van der Waals surface area contributed by atoms with Crippen LogP contribution in [0.4, 0.5) is 0 Å². The van der Waals surface area contributed by atoms with Gasteiger partial charge in [-0.1, -0.05) is 0 Å². The van der Waals surface area contributed by atoms with Crippen molar-refractivity contribution in [2.75, 3.05) is 13.2 Å². The molecule has 0 heterocycles. The predicted octanol–water partition coefficient (Wildman–Crippen LogP) is 0.377. The van der Waals surface area contributed by atoms with Crippen molar-refractivity contribution >= 4 is 16.5 Å². The SMILES string of the molecule is O=C(OCC(O)CCCCO[SiH3])c1ccc(O)cc1. The third-order valence-electron chi connectivity index (χ3n) is 2.65. The van der Waals surface area contributed by atoms with Crippen molar-refractivity contribution in [1.82, 2.24) is 0 Å². The van der Waals surface area contributed by atoms with Gasteiger partial charge in [0.1, 0.15) is 22.8 Å². The lowest BCUT2D eigenvalue weighted by molar-refractivity contribution is 0.0231. The van der Waals surface area contributed by atoms with Crippen molar-refractivity contribution in [1.29, 1.82) is 0 Å². The van der Waals surface area contributed by atoms with Gasteiger partial charge in [0.15, 0.2) is 0 Å². The molecule has 1 aromatic carbocycles. The molecule has 0 saturated heterocycles. The molecule has 0 fully saturated rings. The molecule has 0 amide bonds. The number of hydrogen-bond donors (Lipinski definition) is 2. The van der Waals surface area contributed by atoms with Crippen molar-refractivity contribution in [3.05, 3.63) is 29.8 Å². The van der Waals surface area contributed by atoms with Crippen LogP contribution >= 0.6 is 0 Å². The fraction of sp³-hybridized carbons (Fsp3) is 0.462. The quantitative estimate of drug-likeness (QED) is 0.410. The van der Waals surface area contributed by atoms with Crippen LogP contribution < -0.4 is 0 Å². The molecule has 6 heteroatoms. The molecule has 0 spiro atoms. The van der Waals surface area contributed by atoms with Gasteiger partial charge in [-0.2, -0.15) is 0 Å². The zero-order valence-electron chi connectivity index (χ0n) is 11.0. The maximum absolute atomic E-state index is 11.6. The monoisotopic (exact) mass is 284 g/mol. The smallest absolute Gasteiger partial charge is 0.338 e. The van der Waals surface area contributed by atoms with Crippen LogP contribution in [0.25, 0.3) is 0 Å². The van der Waals surface area contributed by atoms with E-state index in [4.69, 9.17) is 14.3 Å². The lowest BCUT2D eigenvalue weighted by Crippen LogP contribution is -2.18. The van der Waals surface area contributed by atoms with Crippen molar-refractivity contribution in [3.8, 4) is 5.75 Å². The average Bonchev–Trinajstić information content (AvgIpc) is 2.42. The minimum absolute atomic E-state index is 0.0125. The Hall–Kier alpha value is -1.37. The third-order valence-corrected chi connectivity index (χ3v) is 3.05. The number of rotatable bonds is 8. The molecule has 0 aliphatic heterocycles. The topological polar surface area (TPSA) is 76.0 Å².